The fourth-order valence-corrected chi connectivity index (χ4v) is 7.79. The summed E-state index contributed by atoms with van der Waals surface area (Å²) in [6, 6.07) is 2.91. The Morgan fingerprint density at radius 3 is 2.22 bits per heavy atom. The normalized spacial score (nSPS) is 28.6. The summed E-state index contributed by atoms with van der Waals surface area (Å²) in [5.41, 5.74) is -1.46. The van der Waals surface area contributed by atoms with Crippen LogP contribution in [0.1, 0.15) is 66.5 Å². The van der Waals surface area contributed by atoms with E-state index in [1.54, 1.807) is 65.8 Å². The summed E-state index contributed by atoms with van der Waals surface area (Å²) in [5.74, 6) is -4.70. The molecular weight excluding hydrogens is 776 g/mol. The molecule has 15 nitrogen and oxygen atoms in total. The Balaban J connectivity index is 1.79. The quantitative estimate of drug-likeness (QED) is 0.0956. The number of aliphatic hydroxyl groups excluding tert-OH is 3. The second-order valence-electron chi connectivity index (χ2n) is 15.7. The number of carbonyl (C=O) groups is 2. The number of hydrogen-bond donors (Lipinski definition) is 5. The summed E-state index contributed by atoms with van der Waals surface area (Å²) < 4.78 is 29.8. The number of aliphatic hydroxyl groups is 3. The number of phenolic OH excluding ortho intramolecular Hbond substituents is 1. The molecule has 0 saturated carbocycles. The van der Waals surface area contributed by atoms with E-state index in [1.807, 2.05) is 0 Å². The predicted octanol–water partition coefficient (Wildman–Crippen LogP) is 5.50. The number of esters is 1. The molecule has 3 heterocycles. The highest BCUT2D eigenvalue weighted by Gasteiger charge is 2.39. The topological polar surface area (TPSA) is 224 Å². The molecule has 4 aromatic rings. The van der Waals surface area contributed by atoms with Crippen LogP contribution in [-0.4, -0.2) is 75.1 Å². The first-order valence-electron chi connectivity index (χ1n) is 19.7. The molecule has 0 radical (unpaired) electrons. The standard InChI is InChI=1S/C45H54N2O13/c1-19-17-29(50)35-31(18-19)60-44-36(46-35)33-32(26(8)48)43-25(7)40(53)34(33)41(54)37(44)47-45(55)21(3)14-12-13-20(2)38(51)23(5)39(52)24(6)42(58-27(9)49)22(4)30(56-11)15-16-57-28(10)59-43/h12-18,20,22-24,28,30,38-39,42,48,51-53H,1-11H3,(H,47,55)/b13-12+,16-15+,21-14-,32-26?/t20-,22+,23+,24+,28+,30-,38-,39+,42+/m0/s1. The van der Waals surface area contributed by atoms with E-state index in [9.17, 15) is 39.6 Å². The van der Waals surface area contributed by atoms with E-state index in [-0.39, 0.29) is 66.5 Å². The molecular formula is C45H54N2O13. The van der Waals surface area contributed by atoms with E-state index in [4.69, 9.17) is 23.4 Å². The Labute approximate surface area is 346 Å². The summed E-state index contributed by atoms with van der Waals surface area (Å²) >= 11 is 0. The lowest BCUT2D eigenvalue weighted by Gasteiger charge is -2.38. The second-order valence-corrected chi connectivity index (χ2v) is 15.7. The molecule has 0 unspecified atom stereocenters. The molecule has 1 aromatic heterocycles. The number of fused-ring (bicyclic) bond motifs is 17. The number of methoxy groups -OCH3 is 1. The minimum absolute atomic E-state index is 0.0258. The highest BCUT2D eigenvalue weighted by atomic mass is 16.7. The van der Waals surface area contributed by atoms with Gasteiger partial charge in [0.25, 0.3) is 5.91 Å². The highest BCUT2D eigenvalue weighted by Crippen LogP contribution is 2.38. The van der Waals surface area contributed by atoms with Crippen LogP contribution in [0.15, 0.2) is 62.3 Å². The van der Waals surface area contributed by atoms with Gasteiger partial charge < -0.3 is 49.1 Å². The van der Waals surface area contributed by atoms with Crippen molar-refractivity contribution in [2.75, 3.05) is 12.4 Å². The van der Waals surface area contributed by atoms with Gasteiger partial charge in [0.2, 0.25) is 17.1 Å². The number of hydrogen-bond acceptors (Lipinski definition) is 14. The van der Waals surface area contributed by atoms with E-state index in [0.717, 1.165) is 0 Å². The lowest BCUT2D eigenvalue weighted by atomic mass is 9.78. The van der Waals surface area contributed by atoms with Gasteiger partial charge in [-0.05, 0) is 51.5 Å². The van der Waals surface area contributed by atoms with Crippen molar-refractivity contribution in [1.29, 1.82) is 0 Å². The average Bonchev–Trinajstić information content (AvgIpc) is 3.19. The fourth-order valence-electron chi connectivity index (χ4n) is 7.79. The van der Waals surface area contributed by atoms with Crippen molar-refractivity contribution < 1.29 is 53.4 Å². The van der Waals surface area contributed by atoms with Crippen LogP contribution in [0.2, 0.25) is 0 Å². The number of rotatable bonds is 2. The monoisotopic (exact) mass is 830 g/mol. The van der Waals surface area contributed by atoms with Crippen molar-refractivity contribution >= 4 is 56.3 Å². The number of phenols is 1. The molecule has 9 atom stereocenters. The Hall–Kier alpha value is -5.77. The van der Waals surface area contributed by atoms with E-state index in [1.165, 1.54) is 53.2 Å². The third kappa shape index (κ3) is 8.88. The molecule has 15 heteroatoms. The Kier molecular flexibility index (Phi) is 13.8. The largest absolute Gasteiger partial charge is 0.512 e. The number of amides is 1. The summed E-state index contributed by atoms with van der Waals surface area (Å²) in [6.45, 7) is 15.7. The van der Waals surface area contributed by atoms with Crippen molar-refractivity contribution in [1.82, 2.24) is 4.98 Å². The molecule has 60 heavy (non-hydrogen) atoms. The Bertz CT molecular complexity index is 2590. The van der Waals surface area contributed by atoms with Gasteiger partial charge >= 0.3 is 5.97 Å². The van der Waals surface area contributed by atoms with Crippen LogP contribution >= 0.6 is 0 Å². The maximum absolute atomic E-state index is 14.5. The van der Waals surface area contributed by atoms with Crippen LogP contribution in [0.3, 0.4) is 0 Å². The average molecular weight is 831 g/mol. The van der Waals surface area contributed by atoms with Crippen LogP contribution in [0.4, 0.5) is 5.69 Å². The van der Waals surface area contributed by atoms with Gasteiger partial charge in [0.05, 0.1) is 35.2 Å². The third-order valence-corrected chi connectivity index (χ3v) is 11.2. The van der Waals surface area contributed by atoms with Crippen LogP contribution in [0, 0.1) is 37.5 Å². The number of aromatic nitrogens is 1. The first kappa shape index (κ1) is 45.3. The number of nitrogens with zero attached hydrogens (tertiary/aromatic N) is 1. The van der Waals surface area contributed by atoms with Crippen molar-refractivity contribution in [2.45, 2.75) is 99.9 Å². The zero-order valence-corrected chi connectivity index (χ0v) is 35.6. The maximum Gasteiger partial charge on any atom is 0.302 e. The molecule has 0 fully saturated rings. The van der Waals surface area contributed by atoms with Gasteiger partial charge in [-0.1, -0.05) is 45.9 Å². The molecule has 5 N–H and O–H groups in total. The number of benzene rings is 3. The van der Waals surface area contributed by atoms with Gasteiger partial charge in [-0.3, -0.25) is 19.2 Å². The zero-order valence-electron chi connectivity index (χ0n) is 35.6. The number of aromatic hydroxyl groups is 1. The van der Waals surface area contributed by atoms with E-state index < -0.39 is 82.9 Å². The lowest BCUT2D eigenvalue weighted by Crippen LogP contribution is -2.46. The van der Waals surface area contributed by atoms with Crippen molar-refractivity contribution in [3.8, 4) is 11.5 Å². The molecule has 3 aromatic carbocycles. The first-order chi connectivity index (χ1) is 28.2. The van der Waals surface area contributed by atoms with Gasteiger partial charge in [0, 0.05) is 61.2 Å². The number of aryl methyl sites for hydroxylation is 1. The van der Waals surface area contributed by atoms with Gasteiger partial charge in [-0.15, -0.1) is 0 Å². The van der Waals surface area contributed by atoms with E-state index in [0.29, 0.717) is 5.56 Å². The van der Waals surface area contributed by atoms with Crippen LogP contribution in [0.25, 0.3) is 38.7 Å². The van der Waals surface area contributed by atoms with Gasteiger partial charge in [-0.25, -0.2) is 4.98 Å². The SMILES string of the molecule is CO[C@H]1/C=C/O[C@@H](C)Oc2c(C)c(O)c3c(=O)c(c4oc5cc(C)cc(=O)c5nc4c3c2=C(C)O)NC(=O)/C(C)=C\C=C\[C@H](C)[C@H](O)[C@@H](C)[C@@H](O)[C@@H](C)[C@H](OC(C)=O)[C@@H]1C. The maximum atomic E-state index is 14.5. The first-order valence-corrected chi connectivity index (χ1v) is 19.7. The fraction of sp³-hybridized carbons (Fsp3) is 0.444. The van der Waals surface area contributed by atoms with Crippen molar-refractivity contribution in [3.05, 3.63) is 85.1 Å². The number of ether oxygens (including phenoxy) is 4. The molecule has 4 bridgehead atoms. The van der Waals surface area contributed by atoms with Crippen molar-refractivity contribution in [3.63, 3.8) is 0 Å². The molecule has 1 amide bonds. The molecule has 6 rings (SSSR count). The second kappa shape index (κ2) is 18.2. The van der Waals surface area contributed by atoms with Crippen LogP contribution < -0.4 is 26.1 Å². The van der Waals surface area contributed by atoms with Crippen LogP contribution in [-0.2, 0) is 23.8 Å². The Morgan fingerprint density at radius 1 is 0.900 bits per heavy atom. The number of allylic oxidation sites excluding steroid dienone is 2. The van der Waals surface area contributed by atoms with Gasteiger partial charge in [0.15, 0.2) is 16.7 Å². The number of anilines is 1. The predicted molar refractivity (Wildman–Crippen MR) is 226 cm³/mol. The number of nitrogens with one attached hydrogen (secondary N) is 1. The summed E-state index contributed by atoms with van der Waals surface area (Å²) in [7, 11) is 1.46. The molecule has 322 valence electrons. The van der Waals surface area contributed by atoms with Crippen LogP contribution in [0.5, 0.6) is 11.5 Å². The summed E-state index contributed by atoms with van der Waals surface area (Å²) in [6.07, 6.45) is 2.69. The van der Waals surface area contributed by atoms with E-state index >= 15 is 0 Å². The molecule has 0 aliphatic carbocycles. The van der Waals surface area contributed by atoms with Crippen molar-refractivity contribution in [2.24, 2.45) is 23.7 Å². The summed E-state index contributed by atoms with van der Waals surface area (Å²) in [4.78, 5) is 58.5. The molecule has 2 aliphatic heterocycles. The number of carbonyl (C=O) groups excluding carboxylic acids is 2. The molecule has 2 aliphatic rings. The third-order valence-electron chi connectivity index (χ3n) is 11.2. The lowest BCUT2D eigenvalue weighted by molar-refractivity contribution is -0.160. The summed E-state index contributed by atoms with van der Waals surface area (Å²) in [5, 5.41) is 48.0. The Morgan fingerprint density at radius 2 is 1.58 bits per heavy atom. The van der Waals surface area contributed by atoms with E-state index in [2.05, 4.69) is 10.3 Å². The van der Waals surface area contributed by atoms with Gasteiger partial charge in [-0.2, -0.15) is 0 Å². The smallest absolute Gasteiger partial charge is 0.302 e. The highest BCUT2D eigenvalue weighted by molar-refractivity contribution is 6.16. The minimum atomic E-state index is -1.13. The molecule has 0 saturated heterocycles. The molecule has 0 spiro atoms. The minimum Gasteiger partial charge on any atom is -0.512 e. The zero-order chi connectivity index (χ0) is 44.5. The van der Waals surface area contributed by atoms with Gasteiger partial charge in [0.1, 0.15) is 34.6 Å².